The summed E-state index contributed by atoms with van der Waals surface area (Å²) in [7, 11) is -3.02. The van der Waals surface area contributed by atoms with Crippen molar-refractivity contribution in [2.24, 2.45) is 0 Å². The molecule has 1 aromatic carbocycles. The molecule has 0 radical (unpaired) electrons. The van der Waals surface area contributed by atoms with Gasteiger partial charge in [-0.1, -0.05) is 18.2 Å². The zero-order valence-corrected chi connectivity index (χ0v) is 24.2. The van der Waals surface area contributed by atoms with Crippen LogP contribution in [0.2, 0.25) is 0 Å². The number of amides is 1. The van der Waals surface area contributed by atoms with Gasteiger partial charge in [-0.15, -0.1) is 0 Å². The molecule has 2 aliphatic heterocycles. The number of hydrogen-bond acceptors (Lipinski definition) is 8. The molecule has 2 aliphatic rings. The van der Waals surface area contributed by atoms with E-state index < -0.39 is 9.84 Å². The quantitative estimate of drug-likeness (QED) is 0.346. The lowest BCUT2D eigenvalue weighted by Gasteiger charge is -2.41. The second kappa shape index (κ2) is 11.1. The minimum absolute atomic E-state index is 0.0487. The Bertz CT molecular complexity index is 1650. The number of piperidine rings is 1. The maximum absolute atomic E-state index is 13.3. The molecule has 5 heterocycles. The lowest BCUT2D eigenvalue weighted by molar-refractivity contribution is -0.134. The van der Waals surface area contributed by atoms with E-state index in [4.69, 9.17) is 0 Å². The number of rotatable bonds is 6. The third kappa shape index (κ3) is 5.63. The average molecular weight is 574 g/mol. The second-order valence-corrected chi connectivity index (χ2v) is 13.4. The summed E-state index contributed by atoms with van der Waals surface area (Å²) in [6, 6.07) is 14.2. The first-order chi connectivity index (χ1) is 19.8. The van der Waals surface area contributed by atoms with E-state index in [0.717, 1.165) is 40.9 Å². The van der Waals surface area contributed by atoms with Gasteiger partial charge in [0.1, 0.15) is 22.0 Å². The van der Waals surface area contributed by atoms with Crippen molar-refractivity contribution in [3.8, 4) is 11.1 Å². The first-order valence-electron chi connectivity index (χ1n) is 14.1. The maximum Gasteiger partial charge on any atom is 0.242 e. The number of para-hydroxylation sites is 1. The van der Waals surface area contributed by atoms with E-state index in [2.05, 4.69) is 43.8 Å². The summed E-state index contributed by atoms with van der Waals surface area (Å²) in [4.78, 5) is 33.4. The fourth-order valence-corrected chi connectivity index (χ4v) is 7.10. The van der Waals surface area contributed by atoms with Gasteiger partial charge in [0, 0.05) is 92.0 Å². The Morgan fingerprint density at radius 1 is 0.927 bits per heavy atom. The summed E-state index contributed by atoms with van der Waals surface area (Å²) < 4.78 is 25.7. The molecular formula is C30H35N7O3S. The monoisotopic (exact) mass is 573 g/mol. The zero-order valence-electron chi connectivity index (χ0n) is 23.4. The molecule has 0 bridgehead atoms. The predicted octanol–water partition coefficient (Wildman–Crippen LogP) is 3.24. The van der Waals surface area contributed by atoms with Crippen LogP contribution in [0.3, 0.4) is 0 Å². The number of aromatic nitrogens is 4. The number of anilines is 2. The molecule has 10 nitrogen and oxygen atoms in total. The highest BCUT2D eigenvalue weighted by molar-refractivity contribution is 7.91. The Balaban J connectivity index is 1.12. The molecule has 0 N–H and O–H groups in total. The summed E-state index contributed by atoms with van der Waals surface area (Å²) >= 11 is 0. The molecule has 1 amide bonds. The van der Waals surface area contributed by atoms with Gasteiger partial charge in [-0.2, -0.15) is 0 Å². The van der Waals surface area contributed by atoms with Crippen molar-refractivity contribution < 1.29 is 13.2 Å². The number of carbonyl (C=O) groups excluding carboxylic acids is 1. The van der Waals surface area contributed by atoms with Gasteiger partial charge >= 0.3 is 0 Å². The molecule has 2 fully saturated rings. The van der Waals surface area contributed by atoms with Crippen molar-refractivity contribution in [1.82, 2.24) is 24.4 Å². The van der Waals surface area contributed by atoms with Crippen LogP contribution in [0.15, 0.2) is 67.3 Å². The molecule has 2 saturated heterocycles. The fourth-order valence-electron chi connectivity index (χ4n) is 6.03. The normalized spacial score (nSPS) is 18.7. The van der Waals surface area contributed by atoms with Crippen molar-refractivity contribution in [2.75, 3.05) is 48.8 Å². The van der Waals surface area contributed by atoms with Crippen molar-refractivity contribution in [3.05, 3.63) is 67.3 Å². The number of carbonyl (C=O) groups is 1. The van der Waals surface area contributed by atoms with Crippen LogP contribution in [0.4, 0.5) is 11.6 Å². The SMILES string of the molecule is CC1CN(c2ccccc2-c2cnc(N3CCC(S(C)(=O)=O)CC3)nc2)CCN1C(=O)Cn1ccc2cccnc21. The van der Waals surface area contributed by atoms with E-state index in [0.29, 0.717) is 38.4 Å². The Morgan fingerprint density at radius 2 is 1.68 bits per heavy atom. The standard InChI is InChI=1S/C30H35N7O3S/c1-22-20-35(16-17-37(22)28(38)21-36-13-9-23-6-5-12-31-29(23)36)27-8-4-3-7-26(27)24-18-32-30(33-19-24)34-14-10-25(11-15-34)41(2,39)40/h3-9,12-13,18-19,22,25H,10-11,14-17,20-21H2,1-2H3. The van der Waals surface area contributed by atoms with Gasteiger partial charge in [-0.25, -0.2) is 23.4 Å². The summed E-state index contributed by atoms with van der Waals surface area (Å²) in [6.45, 7) is 5.73. The Kier molecular flexibility index (Phi) is 7.37. The highest BCUT2D eigenvalue weighted by Gasteiger charge is 2.30. The van der Waals surface area contributed by atoms with Gasteiger partial charge in [0.15, 0.2) is 0 Å². The molecule has 1 unspecified atom stereocenters. The predicted molar refractivity (Wildman–Crippen MR) is 161 cm³/mol. The lowest BCUT2D eigenvalue weighted by Crippen LogP contribution is -2.54. The topological polar surface area (TPSA) is 105 Å². The van der Waals surface area contributed by atoms with Crippen molar-refractivity contribution in [2.45, 2.75) is 37.6 Å². The van der Waals surface area contributed by atoms with E-state index in [9.17, 15) is 13.2 Å². The van der Waals surface area contributed by atoms with E-state index >= 15 is 0 Å². The number of fused-ring (bicyclic) bond motifs is 1. The van der Waals surface area contributed by atoms with Crippen LogP contribution in [0.25, 0.3) is 22.2 Å². The number of nitrogens with zero attached hydrogens (tertiary/aromatic N) is 7. The molecule has 1 atom stereocenters. The van der Waals surface area contributed by atoms with Gasteiger partial charge in [0.05, 0.1) is 5.25 Å². The van der Waals surface area contributed by atoms with Crippen LogP contribution in [-0.2, 0) is 21.2 Å². The number of sulfone groups is 1. The Morgan fingerprint density at radius 3 is 2.41 bits per heavy atom. The van der Waals surface area contributed by atoms with Crippen LogP contribution in [0.5, 0.6) is 0 Å². The minimum atomic E-state index is -3.02. The molecule has 0 spiro atoms. The molecule has 41 heavy (non-hydrogen) atoms. The van der Waals surface area contributed by atoms with E-state index in [1.54, 1.807) is 6.20 Å². The smallest absolute Gasteiger partial charge is 0.242 e. The Hall–Kier alpha value is -3.99. The highest BCUT2D eigenvalue weighted by atomic mass is 32.2. The molecule has 4 aromatic rings. The zero-order chi connectivity index (χ0) is 28.6. The van der Waals surface area contributed by atoms with Gasteiger partial charge in [0.25, 0.3) is 0 Å². The number of hydrogen-bond donors (Lipinski definition) is 0. The molecule has 214 valence electrons. The Labute approximate surface area is 240 Å². The number of piperazine rings is 1. The van der Waals surface area contributed by atoms with E-state index in [-0.39, 0.29) is 23.7 Å². The first-order valence-corrected chi connectivity index (χ1v) is 16.0. The van der Waals surface area contributed by atoms with Gasteiger partial charge in [0.2, 0.25) is 11.9 Å². The third-order valence-corrected chi connectivity index (χ3v) is 9.98. The second-order valence-electron chi connectivity index (χ2n) is 11.0. The fraction of sp³-hybridized carbons (Fsp3) is 0.400. The van der Waals surface area contributed by atoms with Crippen molar-refractivity contribution >= 4 is 38.4 Å². The van der Waals surface area contributed by atoms with Crippen molar-refractivity contribution in [1.29, 1.82) is 0 Å². The average Bonchev–Trinajstić information content (AvgIpc) is 3.39. The molecule has 0 saturated carbocycles. The summed E-state index contributed by atoms with van der Waals surface area (Å²) in [6.07, 6.45) is 9.89. The number of benzene rings is 1. The van der Waals surface area contributed by atoms with Crippen molar-refractivity contribution in [3.63, 3.8) is 0 Å². The van der Waals surface area contributed by atoms with Crippen LogP contribution < -0.4 is 9.80 Å². The first kappa shape index (κ1) is 27.2. The van der Waals surface area contributed by atoms with Crippen LogP contribution in [0, 0.1) is 0 Å². The summed E-state index contributed by atoms with van der Waals surface area (Å²) in [5, 5.41) is 0.747. The molecule has 0 aliphatic carbocycles. The maximum atomic E-state index is 13.3. The molecule has 3 aromatic heterocycles. The van der Waals surface area contributed by atoms with E-state index in [1.165, 1.54) is 6.26 Å². The summed E-state index contributed by atoms with van der Waals surface area (Å²) in [5.74, 6) is 0.725. The molecule has 6 rings (SSSR count). The molecule has 11 heteroatoms. The van der Waals surface area contributed by atoms with Crippen LogP contribution in [0.1, 0.15) is 19.8 Å². The van der Waals surface area contributed by atoms with Crippen LogP contribution in [-0.4, -0.2) is 89.0 Å². The molecular weight excluding hydrogens is 538 g/mol. The third-order valence-electron chi connectivity index (χ3n) is 8.30. The van der Waals surface area contributed by atoms with E-state index in [1.807, 2.05) is 58.4 Å². The largest absolute Gasteiger partial charge is 0.367 e. The van der Waals surface area contributed by atoms with Gasteiger partial charge < -0.3 is 19.3 Å². The number of pyridine rings is 1. The lowest BCUT2D eigenvalue weighted by atomic mass is 10.0. The van der Waals surface area contributed by atoms with Gasteiger partial charge in [-0.05, 0) is 44.0 Å². The summed E-state index contributed by atoms with van der Waals surface area (Å²) in [5.41, 5.74) is 3.89. The van der Waals surface area contributed by atoms with Gasteiger partial charge in [-0.3, -0.25) is 4.79 Å². The van der Waals surface area contributed by atoms with Crippen LogP contribution >= 0.6 is 0 Å². The minimum Gasteiger partial charge on any atom is -0.367 e. The highest BCUT2D eigenvalue weighted by Crippen LogP contribution is 2.32.